The average Bonchev–Trinajstić information content (AvgIpc) is 2.92. The van der Waals surface area contributed by atoms with E-state index in [1.165, 1.54) is 19.9 Å². The fourth-order valence-corrected chi connectivity index (χ4v) is 3.77. The van der Waals surface area contributed by atoms with Crippen molar-refractivity contribution in [3.63, 3.8) is 0 Å². The minimum atomic E-state index is -3.89. The van der Waals surface area contributed by atoms with E-state index in [0.29, 0.717) is 11.4 Å². The zero-order valence-corrected chi connectivity index (χ0v) is 16.8. The Morgan fingerprint density at radius 2 is 1.71 bits per heavy atom. The third-order valence-corrected chi connectivity index (χ3v) is 6.44. The lowest BCUT2D eigenvalue weighted by Gasteiger charge is -2.22. The predicted octanol–water partition coefficient (Wildman–Crippen LogP) is 4.35. The lowest BCUT2D eigenvalue weighted by molar-refractivity contribution is 0.258. The van der Waals surface area contributed by atoms with Crippen LogP contribution in [0.25, 0.3) is 11.1 Å². The van der Waals surface area contributed by atoms with Crippen molar-refractivity contribution < 1.29 is 17.9 Å². The number of hydrogen-bond acceptors (Lipinski definition) is 5. The van der Waals surface area contributed by atoms with Crippen molar-refractivity contribution in [3.8, 4) is 0 Å². The Hall–Kier alpha value is -1.11. The number of aliphatic hydroxyl groups is 1. The molecule has 136 valence electrons. The van der Waals surface area contributed by atoms with Crippen molar-refractivity contribution in [2.75, 3.05) is 6.61 Å². The maximum Gasteiger partial charge on any atom is 0.200 e. The van der Waals surface area contributed by atoms with Gasteiger partial charge in [-0.15, -0.1) is 0 Å². The van der Waals surface area contributed by atoms with Crippen LogP contribution in [0, 0.1) is 0 Å². The number of nitrogens with zero attached hydrogens (tertiary/aromatic N) is 1. The molecular weight excluding hydrogens is 350 g/mol. The highest BCUT2D eigenvalue weighted by molar-refractivity contribution is 7.93. The van der Waals surface area contributed by atoms with Gasteiger partial charge in [0.2, 0.25) is 5.89 Å². The van der Waals surface area contributed by atoms with Gasteiger partial charge in [0.15, 0.2) is 15.4 Å². The molecule has 7 heteroatoms. The van der Waals surface area contributed by atoms with Crippen LogP contribution in [0.2, 0.25) is 5.02 Å². The van der Waals surface area contributed by atoms with E-state index in [4.69, 9.17) is 16.0 Å². The van der Waals surface area contributed by atoms with Crippen LogP contribution in [0.4, 0.5) is 0 Å². The van der Waals surface area contributed by atoms with E-state index in [2.05, 4.69) is 4.98 Å². The van der Waals surface area contributed by atoms with Crippen LogP contribution in [0.15, 0.2) is 21.4 Å². The van der Waals surface area contributed by atoms with E-state index in [0.717, 1.165) is 0 Å². The van der Waals surface area contributed by atoms with Gasteiger partial charge in [-0.1, -0.05) is 46.2 Å². The predicted molar refractivity (Wildman–Crippen MR) is 97.4 cm³/mol. The molecule has 0 fully saturated rings. The minimum Gasteiger partial charge on any atom is -0.439 e. The number of aliphatic hydroxyl groups excluding tert-OH is 1. The molecule has 1 aromatic carbocycles. The summed E-state index contributed by atoms with van der Waals surface area (Å²) in [4.78, 5) is 4.24. The van der Waals surface area contributed by atoms with E-state index < -0.39 is 21.2 Å². The molecule has 0 unspecified atom stereocenters. The molecule has 2 aromatic rings. The Kier molecular flexibility index (Phi) is 6.12. The van der Waals surface area contributed by atoms with Gasteiger partial charge in [0.05, 0.1) is 16.4 Å². The van der Waals surface area contributed by atoms with Crippen LogP contribution in [-0.2, 0) is 15.3 Å². The van der Waals surface area contributed by atoms with E-state index in [-0.39, 0.29) is 20.9 Å². The highest BCUT2D eigenvalue weighted by Gasteiger charge is 2.39. The number of halogens is 1. The van der Waals surface area contributed by atoms with Gasteiger partial charge in [-0.3, -0.25) is 0 Å². The van der Waals surface area contributed by atoms with Crippen LogP contribution < -0.4 is 0 Å². The van der Waals surface area contributed by atoms with Crippen LogP contribution in [0.5, 0.6) is 0 Å². The van der Waals surface area contributed by atoms with E-state index in [1.807, 2.05) is 34.6 Å². The van der Waals surface area contributed by atoms with Gasteiger partial charge in [-0.25, -0.2) is 13.4 Å². The largest absolute Gasteiger partial charge is 0.439 e. The second-order valence-electron chi connectivity index (χ2n) is 6.92. The number of rotatable bonds is 3. The Morgan fingerprint density at radius 3 is 2.17 bits per heavy atom. The zero-order valence-electron chi connectivity index (χ0n) is 15.3. The van der Waals surface area contributed by atoms with Gasteiger partial charge in [0, 0.05) is 5.41 Å². The minimum absolute atomic E-state index is 0.0608. The number of aromatic nitrogens is 1. The number of benzene rings is 1. The molecule has 5 nitrogen and oxygen atoms in total. The first-order valence-corrected chi connectivity index (χ1v) is 9.73. The standard InChI is InChI=1S/C15H20ClNO4S.C2H6/c1-14(2,3)13-17-10-7-6-9(16)12(11(10)21-13)22(19,20)15(4,5)8-18;1-2/h6-7,18H,8H2,1-5H3;1-2H3. The number of oxazole rings is 1. The van der Waals surface area contributed by atoms with Crippen LogP contribution in [-0.4, -0.2) is 29.9 Å². The molecule has 0 amide bonds. The first kappa shape index (κ1) is 20.9. The molecule has 0 spiro atoms. The first-order chi connectivity index (χ1) is 10.9. The molecule has 24 heavy (non-hydrogen) atoms. The third kappa shape index (κ3) is 3.60. The Balaban J connectivity index is 0.00000139. The fraction of sp³-hybridized carbons (Fsp3) is 0.588. The molecule has 2 rings (SSSR count). The average molecular weight is 376 g/mol. The van der Waals surface area contributed by atoms with Gasteiger partial charge < -0.3 is 9.52 Å². The molecule has 0 saturated heterocycles. The molecular formula is C17H26ClNO4S. The summed E-state index contributed by atoms with van der Waals surface area (Å²) in [5.41, 5.74) is 0.208. The lowest BCUT2D eigenvalue weighted by atomic mass is 9.97. The Morgan fingerprint density at radius 1 is 1.17 bits per heavy atom. The molecule has 1 heterocycles. The molecule has 0 aliphatic carbocycles. The summed E-state index contributed by atoms with van der Waals surface area (Å²) >= 11 is 6.13. The van der Waals surface area contributed by atoms with E-state index >= 15 is 0 Å². The van der Waals surface area contributed by atoms with Crippen molar-refractivity contribution in [3.05, 3.63) is 23.0 Å². The summed E-state index contributed by atoms with van der Waals surface area (Å²) in [5, 5.41) is 9.48. The zero-order chi connectivity index (χ0) is 18.9. The number of hydrogen-bond donors (Lipinski definition) is 1. The van der Waals surface area contributed by atoms with E-state index in [9.17, 15) is 13.5 Å². The summed E-state index contributed by atoms with van der Waals surface area (Å²) in [6, 6.07) is 3.11. The fourth-order valence-electron chi connectivity index (χ4n) is 1.88. The third-order valence-electron chi connectivity index (χ3n) is 3.48. The summed E-state index contributed by atoms with van der Waals surface area (Å²) < 4.78 is 30.0. The molecule has 0 aliphatic rings. The SMILES string of the molecule is CC.CC(C)(C)c1nc2ccc(Cl)c(S(=O)(=O)C(C)(C)CO)c2o1. The van der Waals surface area contributed by atoms with Crippen LogP contribution >= 0.6 is 11.6 Å². The molecule has 0 aliphatic heterocycles. The van der Waals surface area contributed by atoms with Crippen LogP contribution in [0.1, 0.15) is 54.4 Å². The second kappa shape index (κ2) is 7.02. The highest BCUT2D eigenvalue weighted by Crippen LogP contribution is 2.38. The topological polar surface area (TPSA) is 80.4 Å². The van der Waals surface area contributed by atoms with Crippen molar-refractivity contribution in [2.45, 2.75) is 63.5 Å². The van der Waals surface area contributed by atoms with Gasteiger partial charge in [-0.2, -0.15) is 0 Å². The molecule has 1 aromatic heterocycles. The maximum atomic E-state index is 12.8. The van der Waals surface area contributed by atoms with Crippen molar-refractivity contribution in [2.24, 2.45) is 0 Å². The van der Waals surface area contributed by atoms with Gasteiger partial charge in [-0.05, 0) is 26.0 Å². The summed E-state index contributed by atoms with van der Waals surface area (Å²) in [5.74, 6) is 0.433. The second-order valence-corrected chi connectivity index (χ2v) is 9.84. The molecule has 1 N–H and O–H groups in total. The number of sulfone groups is 1. The van der Waals surface area contributed by atoms with E-state index in [1.54, 1.807) is 6.07 Å². The lowest BCUT2D eigenvalue weighted by Crippen LogP contribution is -2.36. The van der Waals surface area contributed by atoms with Gasteiger partial charge >= 0.3 is 0 Å². The highest BCUT2D eigenvalue weighted by atomic mass is 35.5. The first-order valence-electron chi connectivity index (χ1n) is 7.87. The van der Waals surface area contributed by atoms with Gasteiger partial charge in [0.25, 0.3) is 0 Å². The summed E-state index contributed by atoms with van der Waals surface area (Å²) in [6.07, 6.45) is 0. The maximum absolute atomic E-state index is 12.8. The van der Waals surface area contributed by atoms with Crippen LogP contribution in [0.3, 0.4) is 0 Å². The molecule has 0 atom stereocenters. The molecule has 0 bridgehead atoms. The van der Waals surface area contributed by atoms with Crippen molar-refractivity contribution in [1.29, 1.82) is 0 Å². The molecule has 0 radical (unpaired) electrons. The van der Waals surface area contributed by atoms with Crippen molar-refractivity contribution in [1.82, 2.24) is 4.98 Å². The Bertz CT molecular complexity index is 817. The van der Waals surface area contributed by atoms with Crippen molar-refractivity contribution >= 4 is 32.5 Å². The Labute approximate surface area is 149 Å². The smallest absolute Gasteiger partial charge is 0.200 e. The molecule has 0 saturated carbocycles. The number of fused-ring (bicyclic) bond motifs is 1. The normalized spacial score (nSPS) is 12.9. The summed E-state index contributed by atoms with van der Waals surface area (Å²) in [7, 11) is -3.89. The quantitative estimate of drug-likeness (QED) is 0.862. The summed E-state index contributed by atoms with van der Waals surface area (Å²) in [6.45, 7) is 12.1. The van der Waals surface area contributed by atoms with Gasteiger partial charge in [0.1, 0.15) is 10.4 Å². The monoisotopic (exact) mass is 375 g/mol.